The van der Waals surface area contributed by atoms with Gasteiger partial charge in [-0.25, -0.2) is 9.97 Å². The number of hydrogen-bond acceptors (Lipinski definition) is 4. The van der Waals surface area contributed by atoms with Crippen LogP contribution in [0.3, 0.4) is 0 Å². The molecule has 0 fully saturated rings. The number of aliphatic imine (C=N–C) groups is 1. The van der Waals surface area contributed by atoms with Crippen molar-refractivity contribution in [1.82, 2.24) is 20.3 Å². The number of thiazole rings is 1. The number of aromatic nitrogens is 3. The number of H-pyrrole nitrogens is 1. The van der Waals surface area contributed by atoms with Crippen LogP contribution in [0.4, 0.5) is 5.13 Å². The Balaban J connectivity index is 1.51. The third-order valence-electron chi connectivity index (χ3n) is 5.82. The first kappa shape index (κ1) is 25.0. The fourth-order valence-electron chi connectivity index (χ4n) is 4.06. The zero-order valence-corrected chi connectivity index (χ0v) is 22.0. The lowest BCUT2D eigenvalue weighted by Gasteiger charge is -2.23. The minimum absolute atomic E-state index is 0.130. The highest BCUT2D eigenvalue weighted by atomic mass is 35.5. The van der Waals surface area contributed by atoms with E-state index in [-0.39, 0.29) is 12.0 Å². The lowest BCUT2D eigenvalue weighted by molar-refractivity contribution is 0.732. The quantitative estimate of drug-likeness (QED) is 0.142. The SMILES string of the molecule is Clc1ccc(C(CN=C(Nc2nccs2)NC(c2ccccc2)c2ccccc2)c2ncc[nH]2)c(Cl)c1. The molecular formula is C28H24Cl2N6S. The summed E-state index contributed by atoms with van der Waals surface area (Å²) in [6.45, 7) is 0.381. The summed E-state index contributed by atoms with van der Waals surface area (Å²) in [5, 5.41) is 10.8. The highest BCUT2D eigenvalue weighted by Crippen LogP contribution is 2.31. The lowest BCUT2D eigenvalue weighted by atomic mass is 9.98. The van der Waals surface area contributed by atoms with Gasteiger partial charge in [-0.1, -0.05) is 89.9 Å². The Labute approximate surface area is 229 Å². The van der Waals surface area contributed by atoms with Crippen LogP contribution in [-0.2, 0) is 0 Å². The van der Waals surface area contributed by atoms with E-state index < -0.39 is 0 Å². The molecular weight excluding hydrogens is 523 g/mol. The average Bonchev–Trinajstić information content (AvgIpc) is 3.64. The van der Waals surface area contributed by atoms with Gasteiger partial charge in [0.2, 0.25) is 0 Å². The van der Waals surface area contributed by atoms with E-state index in [9.17, 15) is 0 Å². The molecule has 5 aromatic rings. The number of halogens is 2. The molecule has 0 bridgehead atoms. The van der Waals surface area contributed by atoms with E-state index >= 15 is 0 Å². The predicted molar refractivity (Wildman–Crippen MR) is 153 cm³/mol. The van der Waals surface area contributed by atoms with Crippen molar-refractivity contribution in [3.63, 3.8) is 0 Å². The summed E-state index contributed by atoms with van der Waals surface area (Å²) in [7, 11) is 0. The van der Waals surface area contributed by atoms with Gasteiger partial charge >= 0.3 is 0 Å². The summed E-state index contributed by atoms with van der Waals surface area (Å²) in [5.41, 5.74) is 3.12. The molecule has 2 aromatic heterocycles. The van der Waals surface area contributed by atoms with E-state index in [1.165, 1.54) is 11.3 Å². The van der Waals surface area contributed by atoms with Crippen LogP contribution in [0.25, 0.3) is 0 Å². The van der Waals surface area contributed by atoms with Gasteiger partial charge in [0.05, 0.1) is 18.5 Å². The first-order valence-corrected chi connectivity index (χ1v) is 13.3. The third-order valence-corrected chi connectivity index (χ3v) is 7.07. The number of anilines is 1. The summed E-state index contributed by atoms with van der Waals surface area (Å²) in [6.07, 6.45) is 5.28. The van der Waals surface area contributed by atoms with Crippen molar-refractivity contribution in [3.8, 4) is 0 Å². The van der Waals surface area contributed by atoms with Crippen LogP contribution in [-0.4, -0.2) is 27.5 Å². The van der Waals surface area contributed by atoms with E-state index in [1.54, 1.807) is 24.7 Å². The first-order valence-electron chi connectivity index (χ1n) is 11.7. The number of nitrogens with one attached hydrogen (secondary N) is 3. The minimum Gasteiger partial charge on any atom is -0.348 e. The maximum absolute atomic E-state index is 6.60. The van der Waals surface area contributed by atoms with Crippen molar-refractivity contribution in [3.05, 3.63) is 135 Å². The molecule has 9 heteroatoms. The summed E-state index contributed by atoms with van der Waals surface area (Å²) >= 11 is 14.3. The highest BCUT2D eigenvalue weighted by Gasteiger charge is 2.21. The maximum atomic E-state index is 6.60. The number of guanidine groups is 1. The Morgan fingerprint density at radius 1 is 0.919 bits per heavy atom. The summed E-state index contributed by atoms with van der Waals surface area (Å²) < 4.78 is 0. The normalized spacial score (nSPS) is 12.5. The Bertz CT molecular complexity index is 1390. The van der Waals surface area contributed by atoms with Crippen molar-refractivity contribution in [2.45, 2.75) is 12.0 Å². The Morgan fingerprint density at radius 2 is 1.65 bits per heavy atom. The second-order valence-electron chi connectivity index (χ2n) is 8.24. The van der Waals surface area contributed by atoms with Gasteiger partial charge in [0.25, 0.3) is 0 Å². The van der Waals surface area contributed by atoms with Gasteiger partial charge in [-0.15, -0.1) is 11.3 Å². The minimum atomic E-state index is -0.207. The summed E-state index contributed by atoms with van der Waals surface area (Å²) in [4.78, 5) is 17.1. The molecule has 0 amide bonds. The average molecular weight is 548 g/mol. The molecule has 0 saturated carbocycles. The molecule has 0 aliphatic rings. The summed E-state index contributed by atoms with van der Waals surface area (Å²) in [6, 6.07) is 25.9. The number of aromatic amines is 1. The fraction of sp³-hybridized carbons (Fsp3) is 0.107. The summed E-state index contributed by atoms with van der Waals surface area (Å²) in [5.74, 6) is 1.15. The fourth-order valence-corrected chi connectivity index (χ4v) is 5.13. The van der Waals surface area contributed by atoms with Crippen molar-refractivity contribution >= 4 is 45.6 Å². The Kier molecular flexibility index (Phi) is 8.15. The highest BCUT2D eigenvalue weighted by molar-refractivity contribution is 7.13. The van der Waals surface area contributed by atoms with Gasteiger partial charge < -0.3 is 15.6 Å². The van der Waals surface area contributed by atoms with E-state index in [0.29, 0.717) is 22.5 Å². The Morgan fingerprint density at radius 3 is 2.24 bits per heavy atom. The number of rotatable bonds is 8. The predicted octanol–water partition coefficient (Wildman–Crippen LogP) is 7.15. The molecule has 2 heterocycles. The van der Waals surface area contributed by atoms with Crippen LogP contribution in [0.5, 0.6) is 0 Å². The molecule has 0 aliphatic carbocycles. The monoisotopic (exact) mass is 546 g/mol. The van der Waals surface area contributed by atoms with E-state index in [1.807, 2.05) is 53.9 Å². The molecule has 1 atom stereocenters. The number of imidazole rings is 1. The molecule has 3 aromatic carbocycles. The topological polar surface area (TPSA) is 78.0 Å². The number of benzene rings is 3. The number of nitrogens with zero attached hydrogens (tertiary/aromatic N) is 3. The largest absolute Gasteiger partial charge is 0.348 e. The van der Waals surface area contributed by atoms with Crippen molar-refractivity contribution in [1.29, 1.82) is 0 Å². The number of hydrogen-bond donors (Lipinski definition) is 3. The molecule has 0 saturated heterocycles. The Hall–Kier alpha value is -3.65. The van der Waals surface area contributed by atoms with Gasteiger partial charge in [-0.2, -0.15) is 0 Å². The van der Waals surface area contributed by atoms with Gasteiger partial charge in [0, 0.05) is 34.0 Å². The molecule has 0 spiro atoms. The van der Waals surface area contributed by atoms with Gasteiger partial charge in [0.15, 0.2) is 11.1 Å². The molecule has 37 heavy (non-hydrogen) atoms. The van der Waals surface area contributed by atoms with Gasteiger partial charge in [-0.3, -0.25) is 4.99 Å². The van der Waals surface area contributed by atoms with Crippen molar-refractivity contribution in [2.24, 2.45) is 4.99 Å². The van der Waals surface area contributed by atoms with E-state index in [2.05, 4.69) is 49.9 Å². The second kappa shape index (κ2) is 12.1. The van der Waals surface area contributed by atoms with Crippen molar-refractivity contribution in [2.75, 3.05) is 11.9 Å². The standard InChI is InChI=1S/C28H24Cl2N6S/c29-21-11-12-22(24(30)17-21)23(26-31-13-14-32-26)18-34-27(36-28-33-15-16-37-28)35-25(19-7-3-1-4-8-19)20-9-5-2-6-10-20/h1-17,23,25H,18H2,(H,31,32)(H2,33,34,35,36). The van der Waals surface area contributed by atoms with Crippen LogP contribution in [0.1, 0.15) is 34.5 Å². The maximum Gasteiger partial charge on any atom is 0.198 e. The van der Waals surface area contributed by atoms with Gasteiger partial charge in [-0.05, 0) is 28.8 Å². The zero-order chi connectivity index (χ0) is 25.5. The van der Waals surface area contributed by atoms with E-state index in [0.717, 1.165) is 27.6 Å². The molecule has 0 radical (unpaired) electrons. The van der Waals surface area contributed by atoms with Crippen LogP contribution < -0.4 is 10.6 Å². The zero-order valence-electron chi connectivity index (χ0n) is 19.7. The molecule has 0 aliphatic heterocycles. The van der Waals surface area contributed by atoms with Crippen LogP contribution in [0.15, 0.2) is 108 Å². The lowest BCUT2D eigenvalue weighted by Crippen LogP contribution is -2.35. The van der Waals surface area contributed by atoms with Crippen molar-refractivity contribution < 1.29 is 0 Å². The van der Waals surface area contributed by atoms with E-state index in [4.69, 9.17) is 28.2 Å². The van der Waals surface area contributed by atoms with Crippen LogP contribution >= 0.6 is 34.5 Å². The molecule has 1 unspecified atom stereocenters. The molecule has 6 nitrogen and oxygen atoms in total. The van der Waals surface area contributed by atoms with Crippen LogP contribution in [0, 0.1) is 0 Å². The first-order chi connectivity index (χ1) is 18.2. The van der Waals surface area contributed by atoms with Crippen LogP contribution in [0.2, 0.25) is 10.0 Å². The molecule has 3 N–H and O–H groups in total. The smallest absolute Gasteiger partial charge is 0.198 e. The molecule has 186 valence electrons. The second-order valence-corrected chi connectivity index (χ2v) is 9.98. The molecule has 5 rings (SSSR count). The third kappa shape index (κ3) is 6.38. The van der Waals surface area contributed by atoms with Gasteiger partial charge in [0.1, 0.15) is 5.82 Å².